The summed E-state index contributed by atoms with van der Waals surface area (Å²) in [6, 6.07) is 5.30. The second-order valence-corrected chi connectivity index (χ2v) is 3.55. The fourth-order valence-corrected chi connectivity index (χ4v) is 1.70. The molecule has 0 N–H and O–H groups in total. The van der Waals surface area contributed by atoms with Crippen molar-refractivity contribution in [2.45, 2.75) is 19.8 Å². The molecule has 0 aliphatic carbocycles. The van der Waals surface area contributed by atoms with Crippen LogP contribution in [-0.4, -0.2) is 19.4 Å². The molecule has 0 aliphatic rings. The van der Waals surface area contributed by atoms with E-state index in [0.717, 1.165) is 5.56 Å². The molecule has 0 radical (unpaired) electrons. The normalized spacial score (nSPS) is 9.47. The van der Waals surface area contributed by atoms with Crippen LogP contribution in [0.4, 0.5) is 0 Å². The molecular formula is C13H13NO3. The molecule has 4 heteroatoms. The molecule has 0 atom stereocenters. The molecule has 0 aromatic heterocycles. The largest absolute Gasteiger partial charge is 0.469 e. The summed E-state index contributed by atoms with van der Waals surface area (Å²) >= 11 is 0. The lowest BCUT2D eigenvalue weighted by molar-refractivity contribution is -0.139. The summed E-state index contributed by atoms with van der Waals surface area (Å²) in [5.74, 6) is -0.394. The average Bonchev–Trinajstić information content (AvgIpc) is 2.37. The van der Waals surface area contributed by atoms with Crippen LogP contribution in [0, 0.1) is 11.3 Å². The molecule has 17 heavy (non-hydrogen) atoms. The number of hydrogen-bond acceptors (Lipinski definition) is 4. The minimum Gasteiger partial charge on any atom is -0.469 e. The lowest BCUT2D eigenvalue weighted by Gasteiger charge is -2.08. The molecule has 0 fully saturated rings. The zero-order valence-electron chi connectivity index (χ0n) is 9.82. The van der Waals surface area contributed by atoms with Gasteiger partial charge in [-0.15, -0.1) is 0 Å². The van der Waals surface area contributed by atoms with Crippen LogP contribution in [0.2, 0.25) is 0 Å². The molecule has 0 unspecified atom stereocenters. The second-order valence-electron chi connectivity index (χ2n) is 3.55. The molecule has 4 nitrogen and oxygen atoms in total. The lowest BCUT2D eigenvalue weighted by Crippen LogP contribution is -2.06. The van der Waals surface area contributed by atoms with Gasteiger partial charge in [-0.05, 0) is 29.7 Å². The number of esters is 1. The van der Waals surface area contributed by atoms with Gasteiger partial charge < -0.3 is 4.74 Å². The summed E-state index contributed by atoms with van der Waals surface area (Å²) < 4.78 is 4.55. The first-order chi connectivity index (χ1) is 8.15. The predicted molar refractivity (Wildman–Crippen MR) is 61.6 cm³/mol. The van der Waals surface area contributed by atoms with Crippen molar-refractivity contribution >= 4 is 12.3 Å². The molecule has 1 rings (SSSR count). The van der Waals surface area contributed by atoms with Gasteiger partial charge in [-0.25, -0.2) is 0 Å². The Kier molecular flexibility index (Phi) is 4.41. The van der Waals surface area contributed by atoms with Crippen molar-refractivity contribution in [3.8, 4) is 6.07 Å². The predicted octanol–water partition coefficient (Wildman–Crippen LogP) is 1.65. The first-order valence-electron chi connectivity index (χ1n) is 5.24. The smallest absolute Gasteiger partial charge is 0.309 e. The molecule has 0 heterocycles. The number of carbonyl (C=O) groups is 2. The summed E-state index contributed by atoms with van der Waals surface area (Å²) in [4.78, 5) is 22.1. The van der Waals surface area contributed by atoms with Gasteiger partial charge in [0.05, 0.1) is 25.2 Å². The summed E-state index contributed by atoms with van der Waals surface area (Å²) in [6.45, 7) is 1.88. The highest BCUT2D eigenvalue weighted by atomic mass is 16.5. The Hall–Kier alpha value is -2.15. The van der Waals surface area contributed by atoms with Crippen molar-refractivity contribution in [1.82, 2.24) is 0 Å². The first-order valence-corrected chi connectivity index (χ1v) is 5.24. The quantitative estimate of drug-likeness (QED) is 0.583. The van der Waals surface area contributed by atoms with Crippen LogP contribution in [0.3, 0.4) is 0 Å². The van der Waals surface area contributed by atoms with Gasteiger partial charge in [-0.3, -0.25) is 9.59 Å². The minimum atomic E-state index is -0.394. The highest BCUT2D eigenvalue weighted by molar-refractivity contribution is 5.80. The molecule has 0 amide bonds. The third kappa shape index (κ3) is 2.91. The molecular weight excluding hydrogens is 218 g/mol. The number of rotatable bonds is 4. The Labute approximate surface area is 99.8 Å². The fraction of sp³-hybridized carbons (Fsp3) is 0.308. The third-order valence-corrected chi connectivity index (χ3v) is 2.52. The van der Waals surface area contributed by atoms with Gasteiger partial charge in [0.25, 0.3) is 0 Å². The van der Waals surface area contributed by atoms with E-state index in [0.29, 0.717) is 29.4 Å². The van der Waals surface area contributed by atoms with E-state index < -0.39 is 5.97 Å². The van der Waals surface area contributed by atoms with Crippen LogP contribution < -0.4 is 0 Å². The van der Waals surface area contributed by atoms with Gasteiger partial charge in [0.1, 0.15) is 6.29 Å². The number of ether oxygens (including phenoxy) is 1. The van der Waals surface area contributed by atoms with E-state index in [1.165, 1.54) is 7.11 Å². The van der Waals surface area contributed by atoms with Gasteiger partial charge in [0, 0.05) is 5.56 Å². The van der Waals surface area contributed by atoms with Gasteiger partial charge in [-0.2, -0.15) is 5.26 Å². The Morgan fingerprint density at radius 1 is 1.53 bits per heavy atom. The van der Waals surface area contributed by atoms with Gasteiger partial charge in [0.2, 0.25) is 0 Å². The summed E-state index contributed by atoms with van der Waals surface area (Å²) in [6.07, 6.45) is 1.38. The summed E-state index contributed by atoms with van der Waals surface area (Å²) in [7, 11) is 1.30. The maximum Gasteiger partial charge on any atom is 0.309 e. The molecule has 0 bridgehead atoms. The summed E-state index contributed by atoms with van der Waals surface area (Å²) in [5.41, 5.74) is 2.24. The molecule has 0 aliphatic heterocycles. The molecule has 1 aromatic rings. The van der Waals surface area contributed by atoms with Crippen LogP contribution >= 0.6 is 0 Å². The van der Waals surface area contributed by atoms with Crippen molar-refractivity contribution in [2.24, 2.45) is 0 Å². The van der Waals surface area contributed by atoms with Gasteiger partial charge >= 0.3 is 5.97 Å². The lowest BCUT2D eigenvalue weighted by atomic mass is 9.96. The molecule has 0 spiro atoms. The molecule has 0 saturated heterocycles. The van der Waals surface area contributed by atoms with Crippen LogP contribution in [0.25, 0.3) is 0 Å². The first kappa shape index (κ1) is 12.9. The van der Waals surface area contributed by atoms with Crippen molar-refractivity contribution in [3.05, 3.63) is 34.4 Å². The van der Waals surface area contributed by atoms with Crippen LogP contribution in [0.1, 0.15) is 34.0 Å². The van der Waals surface area contributed by atoms with Gasteiger partial charge in [-0.1, -0.05) is 6.92 Å². The topological polar surface area (TPSA) is 67.2 Å². The van der Waals surface area contributed by atoms with E-state index in [1.54, 1.807) is 12.1 Å². The van der Waals surface area contributed by atoms with Crippen molar-refractivity contribution in [1.29, 1.82) is 5.26 Å². The van der Waals surface area contributed by atoms with Crippen LogP contribution in [-0.2, 0) is 22.4 Å². The molecule has 88 valence electrons. The van der Waals surface area contributed by atoms with Crippen LogP contribution in [0.5, 0.6) is 0 Å². The van der Waals surface area contributed by atoms with E-state index >= 15 is 0 Å². The van der Waals surface area contributed by atoms with Crippen molar-refractivity contribution < 1.29 is 14.3 Å². The fourth-order valence-electron chi connectivity index (χ4n) is 1.70. The number of benzene rings is 1. The van der Waals surface area contributed by atoms with E-state index in [2.05, 4.69) is 4.74 Å². The Morgan fingerprint density at radius 2 is 2.24 bits per heavy atom. The van der Waals surface area contributed by atoms with Crippen molar-refractivity contribution in [3.63, 3.8) is 0 Å². The Morgan fingerprint density at radius 3 is 2.71 bits per heavy atom. The highest BCUT2D eigenvalue weighted by Crippen LogP contribution is 2.17. The average molecular weight is 231 g/mol. The number of hydrogen-bond donors (Lipinski definition) is 0. The number of nitrogens with zero attached hydrogens (tertiary/aromatic N) is 1. The minimum absolute atomic E-state index is 0.0655. The second kappa shape index (κ2) is 5.80. The Balaban J connectivity index is 3.23. The van der Waals surface area contributed by atoms with Crippen molar-refractivity contribution in [2.75, 3.05) is 7.11 Å². The number of carbonyl (C=O) groups excluding carboxylic acids is 2. The highest BCUT2D eigenvalue weighted by Gasteiger charge is 2.11. The summed E-state index contributed by atoms with van der Waals surface area (Å²) in [5, 5.41) is 9.00. The van der Waals surface area contributed by atoms with E-state index in [9.17, 15) is 9.59 Å². The molecule has 0 saturated carbocycles. The monoisotopic (exact) mass is 231 g/mol. The zero-order valence-corrected chi connectivity index (χ0v) is 9.82. The maximum atomic E-state index is 11.1. The SMILES string of the molecule is CCc1c(C#N)cc(CC(=O)OC)cc1C=O. The van der Waals surface area contributed by atoms with Gasteiger partial charge in [0.15, 0.2) is 0 Å². The standard InChI is InChI=1S/C13H13NO3/c1-3-12-10(7-14)4-9(5-11(12)8-15)6-13(16)17-2/h4-5,8H,3,6H2,1-2H3. The number of methoxy groups -OCH3 is 1. The molecule has 1 aromatic carbocycles. The zero-order chi connectivity index (χ0) is 12.8. The third-order valence-electron chi connectivity index (χ3n) is 2.52. The number of nitriles is 1. The van der Waals surface area contributed by atoms with E-state index in [1.807, 2.05) is 13.0 Å². The number of aldehydes is 1. The van der Waals surface area contributed by atoms with Crippen LogP contribution in [0.15, 0.2) is 12.1 Å². The Bertz CT molecular complexity index is 486. The van der Waals surface area contributed by atoms with E-state index in [-0.39, 0.29) is 6.42 Å². The maximum absolute atomic E-state index is 11.1. The van der Waals surface area contributed by atoms with E-state index in [4.69, 9.17) is 5.26 Å².